The SMILES string of the molecule is CC1CCCC1CNCCS(=O)(=O)c1cccc(C#N)c1. The van der Waals surface area contributed by atoms with Gasteiger partial charge in [-0.3, -0.25) is 0 Å². The monoisotopic (exact) mass is 306 g/mol. The van der Waals surface area contributed by atoms with Gasteiger partial charge in [-0.15, -0.1) is 0 Å². The Morgan fingerprint density at radius 2 is 2.19 bits per heavy atom. The van der Waals surface area contributed by atoms with Crippen LogP contribution < -0.4 is 5.32 Å². The average Bonchev–Trinajstić information content (AvgIpc) is 2.89. The molecule has 4 nitrogen and oxygen atoms in total. The Morgan fingerprint density at radius 1 is 1.38 bits per heavy atom. The van der Waals surface area contributed by atoms with E-state index in [9.17, 15) is 8.42 Å². The predicted octanol–water partition coefficient (Wildman–Crippen LogP) is 2.36. The number of nitrogens with zero attached hydrogens (tertiary/aromatic N) is 1. The molecule has 0 bridgehead atoms. The quantitative estimate of drug-likeness (QED) is 0.819. The lowest BCUT2D eigenvalue weighted by Gasteiger charge is -2.15. The topological polar surface area (TPSA) is 70.0 Å². The van der Waals surface area contributed by atoms with Crippen molar-refractivity contribution >= 4 is 9.84 Å². The van der Waals surface area contributed by atoms with Gasteiger partial charge in [-0.2, -0.15) is 5.26 Å². The summed E-state index contributed by atoms with van der Waals surface area (Å²) in [4.78, 5) is 0.234. The van der Waals surface area contributed by atoms with Gasteiger partial charge in [-0.25, -0.2) is 8.42 Å². The van der Waals surface area contributed by atoms with E-state index in [1.807, 2.05) is 6.07 Å². The molecule has 2 rings (SSSR count). The maximum Gasteiger partial charge on any atom is 0.179 e. The molecule has 1 saturated carbocycles. The molecule has 21 heavy (non-hydrogen) atoms. The van der Waals surface area contributed by atoms with Crippen molar-refractivity contribution in [2.45, 2.75) is 31.1 Å². The molecule has 0 aromatic heterocycles. The molecule has 114 valence electrons. The first-order chi connectivity index (χ1) is 10.0. The van der Waals surface area contributed by atoms with E-state index in [0.29, 0.717) is 18.0 Å². The van der Waals surface area contributed by atoms with Crippen LogP contribution in [0.15, 0.2) is 29.2 Å². The molecule has 0 spiro atoms. The highest BCUT2D eigenvalue weighted by atomic mass is 32.2. The third-order valence-corrected chi connectivity index (χ3v) is 6.03. The number of nitriles is 1. The molecule has 1 aliphatic rings. The fourth-order valence-electron chi connectivity index (χ4n) is 2.90. The Kier molecular flexibility index (Phi) is 5.38. The first-order valence-corrected chi connectivity index (χ1v) is 9.12. The first-order valence-electron chi connectivity index (χ1n) is 7.46. The lowest BCUT2D eigenvalue weighted by atomic mass is 9.98. The lowest BCUT2D eigenvalue weighted by Crippen LogP contribution is -2.29. The Hall–Kier alpha value is -1.38. The van der Waals surface area contributed by atoms with Crippen LogP contribution in [0.25, 0.3) is 0 Å². The molecule has 2 unspecified atom stereocenters. The summed E-state index contributed by atoms with van der Waals surface area (Å²) in [6.45, 7) is 3.63. The van der Waals surface area contributed by atoms with E-state index in [-0.39, 0.29) is 10.6 Å². The largest absolute Gasteiger partial charge is 0.315 e. The molecule has 0 aliphatic heterocycles. The van der Waals surface area contributed by atoms with Crippen LogP contribution in [0, 0.1) is 23.2 Å². The van der Waals surface area contributed by atoms with Gasteiger partial charge < -0.3 is 5.32 Å². The summed E-state index contributed by atoms with van der Waals surface area (Å²) >= 11 is 0. The maximum atomic E-state index is 12.2. The Bertz CT molecular complexity index is 619. The van der Waals surface area contributed by atoms with Crippen LogP contribution in [0.1, 0.15) is 31.7 Å². The lowest BCUT2D eigenvalue weighted by molar-refractivity contribution is 0.396. The Balaban J connectivity index is 1.85. The van der Waals surface area contributed by atoms with Gasteiger partial charge in [-0.05, 0) is 43.0 Å². The Labute approximate surface area is 127 Å². The first kappa shape index (κ1) is 16.0. The second-order valence-electron chi connectivity index (χ2n) is 5.83. The number of benzene rings is 1. The standard InChI is InChI=1S/C16H22N2O2S/c1-13-4-2-6-15(13)12-18-8-9-21(19,20)16-7-3-5-14(10-16)11-17/h3,5,7,10,13,15,18H,2,4,6,8-9,12H2,1H3. The predicted molar refractivity (Wildman–Crippen MR) is 82.6 cm³/mol. The molecule has 1 fully saturated rings. The van der Waals surface area contributed by atoms with Crippen LogP contribution in [0.2, 0.25) is 0 Å². The van der Waals surface area contributed by atoms with E-state index >= 15 is 0 Å². The van der Waals surface area contributed by atoms with Crippen molar-refractivity contribution in [2.24, 2.45) is 11.8 Å². The molecule has 1 aromatic rings. The van der Waals surface area contributed by atoms with Crippen LogP contribution >= 0.6 is 0 Å². The summed E-state index contributed by atoms with van der Waals surface area (Å²) < 4.78 is 24.4. The van der Waals surface area contributed by atoms with Crippen LogP contribution in [0.3, 0.4) is 0 Å². The molecular weight excluding hydrogens is 284 g/mol. The van der Waals surface area contributed by atoms with Crippen molar-refractivity contribution in [1.82, 2.24) is 5.32 Å². The number of nitrogens with one attached hydrogen (secondary N) is 1. The van der Waals surface area contributed by atoms with Crippen LogP contribution in [-0.4, -0.2) is 27.3 Å². The minimum absolute atomic E-state index is 0.0724. The zero-order valence-corrected chi connectivity index (χ0v) is 13.2. The highest BCUT2D eigenvalue weighted by Crippen LogP contribution is 2.30. The zero-order chi connectivity index (χ0) is 15.3. The molecule has 0 radical (unpaired) electrons. The van der Waals surface area contributed by atoms with Crippen molar-refractivity contribution in [2.75, 3.05) is 18.8 Å². The van der Waals surface area contributed by atoms with Gasteiger partial charge in [0.05, 0.1) is 22.3 Å². The minimum Gasteiger partial charge on any atom is -0.315 e. The van der Waals surface area contributed by atoms with Crippen LogP contribution in [0.5, 0.6) is 0 Å². The molecule has 0 saturated heterocycles. The molecule has 5 heteroatoms. The second-order valence-corrected chi connectivity index (χ2v) is 7.94. The van der Waals surface area contributed by atoms with Gasteiger partial charge >= 0.3 is 0 Å². The van der Waals surface area contributed by atoms with Crippen molar-refractivity contribution < 1.29 is 8.42 Å². The van der Waals surface area contributed by atoms with Gasteiger partial charge in [0.15, 0.2) is 9.84 Å². The maximum absolute atomic E-state index is 12.2. The van der Waals surface area contributed by atoms with Crippen LogP contribution in [0.4, 0.5) is 0 Å². The highest BCUT2D eigenvalue weighted by Gasteiger charge is 2.23. The number of rotatable bonds is 6. The third kappa shape index (κ3) is 4.29. The van der Waals surface area contributed by atoms with E-state index in [0.717, 1.165) is 12.5 Å². The summed E-state index contributed by atoms with van der Waals surface area (Å²) in [5, 5.41) is 12.1. The van der Waals surface area contributed by atoms with E-state index < -0.39 is 9.84 Å². The molecule has 0 amide bonds. The fraction of sp³-hybridized carbons (Fsp3) is 0.562. The fourth-order valence-corrected chi connectivity index (χ4v) is 4.14. The number of sulfone groups is 1. The van der Waals surface area contributed by atoms with Gasteiger partial charge in [0.2, 0.25) is 0 Å². The molecule has 2 atom stereocenters. The molecule has 1 N–H and O–H groups in total. The average molecular weight is 306 g/mol. The minimum atomic E-state index is -3.32. The van der Waals surface area contributed by atoms with E-state index in [1.54, 1.807) is 18.2 Å². The summed E-state index contributed by atoms with van der Waals surface area (Å²) in [6.07, 6.45) is 3.81. The normalized spacial score (nSPS) is 22.1. The summed E-state index contributed by atoms with van der Waals surface area (Å²) in [7, 11) is -3.32. The van der Waals surface area contributed by atoms with Crippen molar-refractivity contribution in [3.05, 3.63) is 29.8 Å². The van der Waals surface area contributed by atoms with Gasteiger partial charge in [0.25, 0.3) is 0 Å². The van der Waals surface area contributed by atoms with Gasteiger partial charge in [-0.1, -0.05) is 25.8 Å². The third-order valence-electron chi connectivity index (χ3n) is 4.32. The summed E-state index contributed by atoms with van der Waals surface area (Å²) in [6, 6.07) is 8.18. The van der Waals surface area contributed by atoms with Crippen LogP contribution in [-0.2, 0) is 9.84 Å². The number of hydrogen-bond donors (Lipinski definition) is 1. The van der Waals surface area contributed by atoms with E-state index in [1.165, 1.54) is 25.3 Å². The van der Waals surface area contributed by atoms with E-state index in [2.05, 4.69) is 12.2 Å². The highest BCUT2D eigenvalue weighted by molar-refractivity contribution is 7.91. The molecular formula is C16H22N2O2S. The van der Waals surface area contributed by atoms with Gasteiger partial charge in [0, 0.05) is 6.54 Å². The molecule has 1 aromatic carbocycles. The van der Waals surface area contributed by atoms with Crippen molar-refractivity contribution in [3.8, 4) is 6.07 Å². The van der Waals surface area contributed by atoms with Crippen molar-refractivity contribution in [1.29, 1.82) is 5.26 Å². The Morgan fingerprint density at radius 3 is 2.86 bits per heavy atom. The molecule has 1 aliphatic carbocycles. The summed E-state index contributed by atoms with van der Waals surface area (Å²) in [5.74, 6) is 1.49. The van der Waals surface area contributed by atoms with Gasteiger partial charge in [0.1, 0.15) is 0 Å². The zero-order valence-electron chi connectivity index (χ0n) is 12.4. The second kappa shape index (κ2) is 7.06. The summed E-state index contributed by atoms with van der Waals surface area (Å²) in [5.41, 5.74) is 0.379. The smallest absolute Gasteiger partial charge is 0.179 e. The number of hydrogen-bond acceptors (Lipinski definition) is 4. The van der Waals surface area contributed by atoms with Crippen molar-refractivity contribution in [3.63, 3.8) is 0 Å². The molecule has 0 heterocycles. The van der Waals surface area contributed by atoms with E-state index in [4.69, 9.17) is 5.26 Å².